The zero-order valence-electron chi connectivity index (χ0n) is 15.9. The summed E-state index contributed by atoms with van der Waals surface area (Å²) in [5, 5.41) is 0. The Morgan fingerprint density at radius 2 is 1.74 bits per heavy atom. The van der Waals surface area contributed by atoms with Crippen LogP contribution in [0.1, 0.15) is 26.2 Å². The highest BCUT2D eigenvalue weighted by Gasteiger charge is 2.33. The molecule has 148 valence electrons. The summed E-state index contributed by atoms with van der Waals surface area (Å²) in [5.41, 5.74) is 6.01. The molecule has 2 heterocycles. The number of carbonyl (C=O) groups excluding carboxylic acids is 2. The third kappa shape index (κ3) is 4.40. The number of nitrogens with two attached hydrogens (primary N) is 1. The van der Waals surface area contributed by atoms with Crippen LogP contribution in [0.3, 0.4) is 0 Å². The van der Waals surface area contributed by atoms with E-state index in [0.717, 1.165) is 32.4 Å². The van der Waals surface area contributed by atoms with Crippen LogP contribution in [0.25, 0.3) is 0 Å². The predicted molar refractivity (Wildman–Crippen MR) is 103 cm³/mol. The highest BCUT2D eigenvalue weighted by atomic mass is 19.1. The maximum atomic E-state index is 14.0. The number of carbonyl (C=O) groups is 2. The lowest BCUT2D eigenvalue weighted by Crippen LogP contribution is -2.56. The van der Waals surface area contributed by atoms with E-state index >= 15 is 0 Å². The second kappa shape index (κ2) is 8.69. The van der Waals surface area contributed by atoms with E-state index in [1.54, 1.807) is 12.1 Å². The second-order valence-corrected chi connectivity index (χ2v) is 7.40. The zero-order valence-corrected chi connectivity index (χ0v) is 15.9. The summed E-state index contributed by atoms with van der Waals surface area (Å²) in [6, 6.07) is 6.61. The molecular weight excluding hydrogens is 347 g/mol. The number of anilines is 1. The van der Waals surface area contributed by atoms with Gasteiger partial charge >= 0.3 is 0 Å². The summed E-state index contributed by atoms with van der Waals surface area (Å²) in [5.74, 6) is -0.388. The van der Waals surface area contributed by atoms with Gasteiger partial charge in [-0.25, -0.2) is 4.39 Å². The summed E-state index contributed by atoms with van der Waals surface area (Å²) >= 11 is 0. The van der Waals surface area contributed by atoms with Crippen LogP contribution in [0.5, 0.6) is 0 Å². The van der Waals surface area contributed by atoms with Crippen molar-refractivity contribution in [3.8, 4) is 0 Å². The van der Waals surface area contributed by atoms with Crippen molar-refractivity contribution in [3.05, 3.63) is 30.1 Å². The van der Waals surface area contributed by atoms with Crippen molar-refractivity contribution in [2.75, 3.05) is 44.2 Å². The Labute approximate surface area is 160 Å². The fourth-order valence-corrected chi connectivity index (χ4v) is 4.17. The lowest BCUT2D eigenvalue weighted by Gasteiger charge is -2.41. The minimum atomic E-state index is -0.238. The molecule has 2 N–H and O–H groups in total. The quantitative estimate of drug-likeness (QED) is 0.845. The minimum absolute atomic E-state index is 0.0711. The molecule has 3 rings (SSSR count). The standard InChI is InChI=1S/C20H29FN4O2/c1-2-17(23-9-7-15(8-10-23)19(22)26)20(27)25-13-11-24(12-14-25)18-6-4-3-5-16(18)21/h3-6,15,17H,2,7-14H2,1H3,(H2,22,26). The monoisotopic (exact) mass is 376 g/mol. The number of likely N-dealkylation sites (tertiary alicyclic amines) is 1. The molecule has 0 aromatic heterocycles. The van der Waals surface area contributed by atoms with Crippen LogP contribution in [0.2, 0.25) is 0 Å². The van der Waals surface area contributed by atoms with Crippen LogP contribution in [0, 0.1) is 11.7 Å². The molecule has 2 saturated heterocycles. The van der Waals surface area contributed by atoms with Gasteiger partial charge in [0.1, 0.15) is 5.82 Å². The van der Waals surface area contributed by atoms with Crippen LogP contribution in [0.15, 0.2) is 24.3 Å². The number of piperazine rings is 1. The van der Waals surface area contributed by atoms with Crippen molar-refractivity contribution in [2.45, 2.75) is 32.2 Å². The van der Waals surface area contributed by atoms with E-state index in [0.29, 0.717) is 31.9 Å². The second-order valence-electron chi connectivity index (χ2n) is 7.40. The number of rotatable bonds is 5. The van der Waals surface area contributed by atoms with Gasteiger partial charge in [0.15, 0.2) is 0 Å². The first-order chi connectivity index (χ1) is 13.0. The van der Waals surface area contributed by atoms with Gasteiger partial charge < -0.3 is 15.5 Å². The highest BCUT2D eigenvalue weighted by molar-refractivity contribution is 5.82. The van der Waals surface area contributed by atoms with Gasteiger partial charge in [0.25, 0.3) is 0 Å². The average Bonchev–Trinajstić information content (AvgIpc) is 2.69. The van der Waals surface area contributed by atoms with Gasteiger partial charge in [-0.3, -0.25) is 14.5 Å². The molecule has 0 radical (unpaired) electrons. The molecule has 2 fully saturated rings. The predicted octanol–water partition coefficient (Wildman–Crippen LogP) is 1.45. The molecule has 1 unspecified atom stereocenters. The first-order valence-electron chi connectivity index (χ1n) is 9.83. The van der Waals surface area contributed by atoms with E-state index in [1.807, 2.05) is 22.8 Å². The van der Waals surface area contributed by atoms with E-state index < -0.39 is 0 Å². The summed E-state index contributed by atoms with van der Waals surface area (Å²) in [4.78, 5) is 30.5. The number of primary amides is 1. The fraction of sp³-hybridized carbons (Fsp3) is 0.600. The van der Waals surface area contributed by atoms with Crippen LogP contribution in [-0.2, 0) is 9.59 Å². The average molecular weight is 376 g/mol. The topological polar surface area (TPSA) is 69.9 Å². The number of hydrogen-bond donors (Lipinski definition) is 1. The van der Waals surface area contributed by atoms with E-state index in [1.165, 1.54) is 6.07 Å². The Kier molecular flexibility index (Phi) is 6.31. The van der Waals surface area contributed by atoms with Gasteiger partial charge in [0.05, 0.1) is 11.7 Å². The maximum absolute atomic E-state index is 14.0. The van der Waals surface area contributed by atoms with Crippen molar-refractivity contribution >= 4 is 17.5 Å². The summed E-state index contributed by atoms with van der Waals surface area (Å²) < 4.78 is 14.0. The van der Waals surface area contributed by atoms with E-state index in [-0.39, 0.29) is 29.6 Å². The molecule has 0 bridgehead atoms. The van der Waals surface area contributed by atoms with Gasteiger partial charge in [0, 0.05) is 32.1 Å². The largest absolute Gasteiger partial charge is 0.369 e. The van der Waals surface area contributed by atoms with Crippen molar-refractivity contribution in [3.63, 3.8) is 0 Å². The Balaban J connectivity index is 1.56. The molecule has 1 aromatic rings. The lowest BCUT2D eigenvalue weighted by molar-refractivity contribution is -0.138. The van der Waals surface area contributed by atoms with Crippen molar-refractivity contribution in [1.82, 2.24) is 9.80 Å². The summed E-state index contributed by atoms with van der Waals surface area (Å²) in [6.07, 6.45) is 2.19. The maximum Gasteiger partial charge on any atom is 0.240 e. The zero-order chi connectivity index (χ0) is 19.4. The number of para-hydroxylation sites is 1. The fourth-order valence-electron chi connectivity index (χ4n) is 4.17. The minimum Gasteiger partial charge on any atom is -0.369 e. The lowest BCUT2D eigenvalue weighted by atomic mass is 9.94. The van der Waals surface area contributed by atoms with Gasteiger partial charge in [-0.05, 0) is 44.5 Å². The molecular formula is C20H29FN4O2. The number of hydrogen-bond acceptors (Lipinski definition) is 4. The SMILES string of the molecule is CCC(C(=O)N1CCN(c2ccccc2F)CC1)N1CCC(C(N)=O)CC1. The molecule has 27 heavy (non-hydrogen) atoms. The number of benzene rings is 1. The molecule has 2 aliphatic heterocycles. The van der Waals surface area contributed by atoms with Crippen molar-refractivity contribution in [2.24, 2.45) is 11.7 Å². The van der Waals surface area contributed by atoms with Gasteiger partial charge in [0.2, 0.25) is 11.8 Å². The molecule has 7 heteroatoms. The molecule has 6 nitrogen and oxygen atoms in total. The number of nitrogens with zero attached hydrogens (tertiary/aromatic N) is 3. The van der Waals surface area contributed by atoms with Crippen LogP contribution >= 0.6 is 0 Å². The molecule has 0 aliphatic carbocycles. The first-order valence-corrected chi connectivity index (χ1v) is 9.83. The van der Waals surface area contributed by atoms with Crippen LogP contribution in [0.4, 0.5) is 10.1 Å². The van der Waals surface area contributed by atoms with Crippen molar-refractivity contribution in [1.29, 1.82) is 0 Å². The summed E-state index contributed by atoms with van der Waals surface area (Å²) in [6.45, 7) is 5.95. The first kappa shape index (κ1) is 19.6. The Morgan fingerprint density at radius 3 is 2.30 bits per heavy atom. The molecule has 2 aliphatic rings. The van der Waals surface area contributed by atoms with Gasteiger partial charge in [-0.1, -0.05) is 19.1 Å². The molecule has 2 amide bonds. The number of piperidine rings is 1. The molecule has 0 saturated carbocycles. The third-order valence-electron chi connectivity index (χ3n) is 5.83. The van der Waals surface area contributed by atoms with Crippen LogP contribution in [-0.4, -0.2) is 66.9 Å². The van der Waals surface area contributed by atoms with E-state index in [2.05, 4.69) is 4.90 Å². The van der Waals surface area contributed by atoms with Crippen LogP contribution < -0.4 is 10.6 Å². The molecule has 1 aromatic carbocycles. The Hall–Kier alpha value is -2.15. The van der Waals surface area contributed by atoms with Crippen molar-refractivity contribution < 1.29 is 14.0 Å². The van der Waals surface area contributed by atoms with Gasteiger partial charge in [-0.2, -0.15) is 0 Å². The highest BCUT2D eigenvalue weighted by Crippen LogP contribution is 2.23. The smallest absolute Gasteiger partial charge is 0.240 e. The Morgan fingerprint density at radius 1 is 1.11 bits per heavy atom. The van der Waals surface area contributed by atoms with E-state index in [9.17, 15) is 14.0 Å². The van der Waals surface area contributed by atoms with E-state index in [4.69, 9.17) is 5.73 Å². The molecule has 1 atom stereocenters. The number of halogens is 1. The number of amides is 2. The normalized spacial score (nSPS) is 20.5. The van der Waals surface area contributed by atoms with Gasteiger partial charge in [-0.15, -0.1) is 0 Å². The Bertz CT molecular complexity index is 668. The summed E-state index contributed by atoms with van der Waals surface area (Å²) in [7, 11) is 0. The molecule has 0 spiro atoms. The third-order valence-corrected chi connectivity index (χ3v) is 5.83.